The SMILES string of the molecule is CCn1nccc1CNc1ccc2c(c1)OCC(=O)N2. The van der Waals surface area contributed by atoms with Crippen LogP contribution in [0.5, 0.6) is 5.75 Å². The van der Waals surface area contributed by atoms with Crippen LogP contribution in [-0.2, 0) is 17.9 Å². The summed E-state index contributed by atoms with van der Waals surface area (Å²) in [5.74, 6) is 0.573. The summed E-state index contributed by atoms with van der Waals surface area (Å²) in [6.45, 7) is 3.67. The monoisotopic (exact) mass is 272 g/mol. The normalized spacial score (nSPS) is 13.3. The van der Waals surface area contributed by atoms with Crippen molar-refractivity contribution in [2.75, 3.05) is 17.2 Å². The Morgan fingerprint density at radius 2 is 2.35 bits per heavy atom. The van der Waals surface area contributed by atoms with Crippen LogP contribution < -0.4 is 15.4 Å². The second kappa shape index (κ2) is 5.24. The Morgan fingerprint density at radius 1 is 1.45 bits per heavy atom. The van der Waals surface area contributed by atoms with Crippen LogP contribution in [0, 0.1) is 0 Å². The predicted molar refractivity (Wildman–Crippen MR) is 75.8 cm³/mol. The molecule has 1 aliphatic heterocycles. The molecule has 6 nitrogen and oxygen atoms in total. The Bertz CT molecular complexity index is 636. The van der Waals surface area contributed by atoms with E-state index < -0.39 is 0 Å². The second-order valence-corrected chi connectivity index (χ2v) is 4.54. The lowest BCUT2D eigenvalue weighted by Gasteiger charge is -2.19. The fraction of sp³-hybridized carbons (Fsp3) is 0.286. The lowest BCUT2D eigenvalue weighted by atomic mass is 10.2. The van der Waals surface area contributed by atoms with Crippen LogP contribution in [0.2, 0.25) is 0 Å². The Labute approximate surface area is 116 Å². The highest BCUT2D eigenvalue weighted by Gasteiger charge is 2.15. The topological polar surface area (TPSA) is 68.2 Å². The van der Waals surface area contributed by atoms with Crippen molar-refractivity contribution in [1.82, 2.24) is 9.78 Å². The molecule has 0 bridgehead atoms. The summed E-state index contributed by atoms with van der Waals surface area (Å²) < 4.78 is 7.34. The standard InChI is InChI=1S/C14H16N4O2/c1-2-18-11(5-6-16-18)8-15-10-3-4-12-13(7-10)20-9-14(19)17-12/h3-7,15H,2,8-9H2,1H3,(H,17,19). The summed E-state index contributed by atoms with van der Waals surface area (Å²) in [7, 11) is 0. The molecule has 2 heterocycles. The van der Waals surface area contributed by atoms with E-state index in [0.717, 1.165) is 17.9 Å². The van der Waals surface area contributed by atoms with Gasteiger partial charge in [-0.2, -0.15) is 5.10 Å². The number of nitrogens with one attached hydrogen (secondary N) is 2. The van der Waals surface area contributed by atoms with E-state index in [0.29, 0.717) is 18.0 Å². The van der Waals surface area contributed by atoms with Gasteiger partial charge >= 0.3 is 0 Å². The number of ether oxygens (including phenoxy) is 1. The van der Waals surface area contributed by atoms with Crippen molar-refractivity contribution in [3.63, 3.8) is 0 Å². The maximum atomic E-state index is 11.2. The van der Waals surface area contributed by atoms with Gasteiger partial charge in [-0.25, -0.2) is 0 Å². The smallest absolute Gasteiger partial charge is 0.262 e. The minimum atomic E-state index is -0.120. The molecule has 0 aliphatic carbocycles. The van der Waals surface area contributed by atoms with Crippen LogP contribution in [0.3, 0.4) is 0 Å². The van der Waals surface area contributed by atoms with Crippen molar-refractivity contribution in [3.8, 4) is 5.75 Å². The molecule has 0 spiro atoms. The molecule has 3 rings (SSSR count). The summed E-state index contributed by atoms with van der Waals surface area (Å²) in [5, 5.41) is 10.3. The van der Waals surface area contributed by atoms with Gasteiger partial charge in [0.05, 0.1) is 17.9 Å². The number of amides is 1. The number of rotatable bonds is 4. The van der Waals surface area contributed by atoms with Gasteiger partial charge in [0.25, 0.3) is 5.91 Å². The van der Waals surface area contributed by atoms with E-state index in [1.165, 1.54) is 0 Å². The highest BCUT2D eigenvalue weighted by molar-refractivity contribution is 5.95. The Kier molecular flexibility index (Phi) is 3.28. The van der Waals surface area contributed by atoms with Gasteiger partial charge in [-0.1, -0.05) is 0 Å². The number of carbonyl (C=O) groups excluding carboxylic acids is 1. The third-order valence-electron chi connectivity index (χ3n) is 3.19. The molecule has 6 heteroatoms. The molecule has 1 aromatic heterocycles. The molecule has 1 amide bonds. The second-order valence-electron chi connectivity index (χ2n) is 4.54. The van der Waals surface area contributed by atoms with Gasteiger partial charge in [0.1, 0.15) is 5.75 Å². The van der Waals surface area contributed by atoms with E-state index in [1.54, 1.807) is 6.20 Å². The van der Waals surface area contributed by atoms with Crippen LogP contribution in [0.4, 0.5) is 11.4 Å². The number of hydrogen-bond acceptors (Lipinski definition) is 4. The molecule has 0 saturated heterocycles. The molecule has 20 heavy (non-hydrogen) atoms. The summed E-state index contributed by atoms with van der Waals surface area (Å²) in [6.07, 6.45) is 1.80. The largest absolute Gasteiger partial charge is 0.482 e. The third-order valence-corrected chi connectivity index (χ3v) is 3.19. The maximum Gasteiger partial charge on any atom is 0.262 e. The fourth-order valence-corrected chi connectivity index (χ4v) is 2.17. The van der Waals surface area contributed by atoms with Gasteiger partial charge in [0.15, 0.2) is 6.61 Å². The molecule has 1 aromatic carbocycles. The van der Waals surface area contributed by atoms with E-state index >= 15 is 0 Å². The van der Waals surface area contributed by atoms with Crippen molar-refractivity contribution in [2.24, 2.45) is 0 Å². The molecule has 2 N–H and O–H groups in total. The van der Waals surface area contributed by atoms with E-state index in [9.17, 15) is 4.79 Å². The summed E-state index contributed by atoms with van der Waals surface area (Å²) in [5.41, 5.74) is 2.79. The zero-order valence-corrected chi connectivity index (χ0v) is 11.2. The zero-order valence-electron chi connectivity index (χ0n) is 11.2. The van der Waals surface area contributed by atoms with E-state index in [2.05, 4.69) is 22.7 Å². The van der Waals surface area contributed by atoms with E-state index in [1.807, 2.05) is 28.9 Å². The summed E-state index contributed by atoms with van der Waals surface area (Å²) in [6, 6.07) is 7.64. The first-order valence-electron chi connectivity index (χ1n) is 6.57. The lowest BCUT2D eigenvalue weighted by molar-refractivity contribution is -0.118. The fourth-order valence-electron chi connectivity index (χ4n) is 2.17. The molecule has 0 saturated carbocycles. The number of aromatic nitrogens is 2. The Hall–Kier alpha value is -2.50. The van der Waals surface area contributed by atoms with Gasteiger partial charge in [0, 0.05) is 24.5 Å². The first-order valence-corrected chi connectivity index (χ1v) is 6.57. The number of fused-ring (bicyclic) bond motifs is 1. The Morgan fingerprint density at radius 3 is 3.20 bits per heavy atom. The van der Waals surface area contributed by atoms with Crippen LogP contribution in [0.25, 0.3) is 0 Å². The third kappa shape index (κ3) is 2.45. The van der Waals surface area contributed by atoms with Crippen LogP contribution >= 0.6 is 0 Å². The molecular weight excluding hydrogens is 256 g/mol. The average Bonchev–Trinajstić information content (AvgIpc) is 2.92. The van der Waals surface area contributed by atoms with Crippen molar-refractivity contribution in [1.29, 1.82) is 0 Å². The van der Waals surface area contributed by atoms with Gasteiger partial charge in [-0.15, -0.1) is 0 Å². The van der Waals surface area contributed by atoms with Crippen molar-refractivity contribution >= 4 is 17.3 Å². The quantitative estimate of drug-likeness (QED) is 0.891. The van der Waals surface area contributed by atoms with Gasteiger partial charge < -0.3 is 15.4 Å². The number of aryl methyl sites for hydroxylation is 1. The molecule has 0 atom stereocenters. The number of benzene rings is 1. The molecular formula is C14H16N4O2. The zero-order chi connectivity index (χ0) is 13.9. The van der Waals surface area contributed by atoms with Crippen molar-refractivity contribution in [2.45, 2.75) is 20.0 Å². The molecule has 1 aliphatic rings. The lowest BCUT2D eigenvalue weighted by Crippen LogP contribution is -2.25. The van der Waals surface area contributed by atoms with Crippen LogP contribution in [0.1, 0.15) is 12.6 Å². The van der Waals surface area contributed by atoms with Gasteiger partial charge in [-0.05, 0) is 25.1 Å². The van der Waals surface area contributed by atoms with E-state index in [4.69, 9.17) is 4.74 Å². The molecule has 0 fully saturated rings. The molecule has 0 unspecified atom stereocenters. The number of hydrogen-bond donors (Lipinski definition) is 2. The van der Waals surface area contributed by atoms with Crippen molar-refractivity contribution in [3.05, 3.63) is 36.2 Å². The molecule has 2 aromatic rings. The average molecular weight is 272 g/mol. The number of nitrogens with zero attached hydrogens (tertiary/aromatic N) is 2. The summed E-state index contributed by atoms with van der Waals surface area (Å²) in [4.78, 5) is 11.2. The highest BCUT2D eigenvalue weighted by Crippen LogP contribution is 2.30. The minimum absolute atomic E-state index is 0.0685. The maximum absolute atomic E-state index is 11.2. The highest BCUT2D eigenvalue weighted by atomic mass is 16.5. The van der Waals surface area contributed by atoms with Crippen LogP contribution in [-0.4, -0.2) is 22.3 Å². The molecule has 0 radical (unpaired) electrons. The number of anilines is 2. The van der Waals surface area contributed by atoms with Crippen LogP contribution in [0.15, 0.2) is 30.5 Å². The van der Waals surface area contributed by atoms with Crippen molar-refractivity contribution < 1.29 is 9.53 Å². The van der Waals surface area contributed by atoms with Gasteiger partial charge in [-0.3, -0.25) is 9.48 Å². The van der Waals surface area contributed by atoms with Gasteiger partial charge in [0.2, 0.25) is 0 Å². The predicted octanol–water partition coefficient (Wildman–Crippen LogP) is 1.85. The first-order chi connectivity index (χ1) is 9.76. The van der Waals surface area contributed by atoms with E-state index in [-0.39, 0.29) is 12.5 Å². The number of carbonyl (C=O) groups is 1. The summed E-state index contributed by atoms with van der Waals surface area (Å²) >= 11 is 0. The molecule has 104 valence electrons. The Balaban J connectivity index is 1.71. The minimum Gasteiger partial charge on any atom is -0.482 e. The first kappa shape index (κ1) is 12.5.